The van der Waals surface area contributed by atoms with Crippen LogP contribution in [0.5, 0.6) is 0 Å². The standard InChI is InChI=1S/C18H23NO/c1-13-7-8-14(2)16(9-13)11-19-10-15-5-3-4-6-18(20)17(15)12-19/h7-10,12,18,20H,3-6,11H2,1-2H3. The predicted molar refractivity (Wildman–Crippen MR) is 82.0 cm³/mol. The highest BCUT2D eigenvalue weighted by Crippen LogP contribution is 2.29. The van der Waals surface area contributed by atoms with Gasteiger partial charge in [-0.2, -0.15) is 0 Å². The summed E-state index contributed by atoms with van der Waals surface area (Å²) in [5.41, 5.74) is 6.48. The van der Waals surface area contributed by atoms with E-state index in [0.29, 0.717) is 0 Å². The number of aliphatic hydroxyl groups excluding tert-OH is 1. The molecule has 1 atom stereocenters. The minimum atomic E-state index is -0.271. The lowest BCUT2D eigenvalue weighted by molar-refractivity contribution is 0.166. The molecule has 0 bridgehead atoms. The molecule has 1 N–H and O–H groups in total. The van der Waals surface area contributed by atoms with Crippen molar-refractivity contribution in [3.63, 3.8) is 0 Å². The van der Waals surface area contributed by atoms with Crippen LogP contribution in [0.25, 0.3) is 0 Å². The van der Waals surface area contributed by atoms with Gasteiger partial charge in [0.25, 0.3) is 0 Å². The van der Waals surface area contributed by atoms with Crippen LogP contribution in [-0.2, 0) is 13.0 Å². The average molecular weight is 269 g/mol. The largest absolute Gasteiger partial charge is 0.388 e. The van der Waals surface area contributed by atoms with Crippen molar-refractivity contribution in [1.29, 1.82) is 0 Å². The summed E-state index contributed by atoms with van der Waals surface area (Å²) < 4.78 is 2.24. The first-order chi connectivity index (χ1) is 9.63. The molecule has 0 saturated heterocycles. The smallest absolute Gasteiger partial charge is 0.0807 e. The van der Waals surface area contributed by atoms with Gasteiger partial charge in [0.1, 0.15) is 0 Å². The maximum atomic E-state index is 10.2. The summed E-state index contributed by atoms with van der Waals surface area (Å²) >= 11 is 0. The van der Waals surface area contributed by atoms with Crippen LogP contribution in [0, 0.1) is 13.8 Å². The van der Waals surface area contributed by atoms with Crippen molar-refractivity contribution in [2.75, 3.05) is 0 Å². The lowest BCUT2D eigenvalue weighted by Crippen LogP contribution is -2.00. The normalized spacial score (nSPS) is 18.6. The van der Waals surface area contributed by atoms with Crippen LogP contribution in [0.15, 0.2) is 30.6 Å². The van der Waals surface area contributed by atoms with Crippen molar-refractivity contribution in [2.45, 2.75) is 52.2 Å². The van der Waals surface area contributed by atoms with Gasteiger partial charge in [0.2, 0.25) is 0 Å². The lowest BCUT2D eigenvalue weighted by Gasteiger charge is -2.09. The molecule has 3 rings (SSSR count). The molecule has 1 aromatic carbocycles. The molecule has 2 heteroatoms. The molecular weight excluding hydrogens is 246 g/mol. The molecule has 2 aromatic rings. The third-order valence-electron chi connectivity index (χ3n) is 4.39. The van der Waals surface area contributed by atoms with Gasteiger partial charge in [-0.15, -0.1) is 0 Å². The van der Waals surface area contributed by atoms with Gasteiger partial charge in [-0.25, -0.2) is 0 Å². The number of benzene rings is 1. The second-order valence-corrected chi connectivity index (χ2v) is 6.10. The Bertz CT molecular complexity index is 612. The molecule has 1 aromatic heterocycles. The van der Waals surface area contributed by atoms with E-state index >= 15 is 0 Å². The number of aliphatic hydroxyl groups is 1. The molecule has 20 heavy (non-hydrogen) atoms. The molecule has 1 aliphatic rings. The Hall–Kier alpha value is -1.54. The summed E-state index contributed by atoms with van der Waals surface area (Å²) in [6.45, 7) is 5.20. The number of aromatic nitrogens is 1. The predicted octanol–water partition coefficient (Wildman–Crippen LogP) is 3.91. The van der Waals surface area contributed by atoms with Gasteiger partial charge < -0.3 is 9.67 Å². The highest BCUT2D eigenvalue weighted by molar-refractivity contribution is 5.33. The number of hydrogen-bond acceptors (Lipinski definition) is 1. The Morgan fingerprint density at radius 2 is 2.05 bits per heavy atom. The quantitative estimate of drug-likeness (QED) is 0.821. The minimum Gasteiger partial charge on any atom is -0.388 e. The van der Waals surface area contributed by atoms with Gasteiger partial charge >= 0.3 is 0 Å². The van der Waals surface area contributed by atoms with Crippen molar-refractivity contribution in [1.82, 2.24) is 4.57 Å². The second kappa shape index (κ2) is 5.45. The molecule has 0 fully saturated rings. The molecule has 1 unspecified atom stereocenters. The summed E-state index contributed by atoms with van der Waals surface area (Å²) in [5.74, 6) is 0. The molecule has 0 amide bonds. The zero-order chi connectivity index (χ0) is 14.1. The van der Waals surface area contributed by atoms with Crippen molar-refractivity contribution < 1.29 is 5.11 Å². The zero-order valence-corrected chi connectivity index (χ0v) is 12.4. The number of nitrogens with zero attached hydrogens (tertiary/aromatic N) is 1. The van der Waals surface area contributed by atoms with Crippen LogP contribution in [0.1, 0.15) is 53.2 Å². The Kier molecular flexibility index (Phi) is 3.66. The maximum Gasteiger partial charge on any atom is 0.0807 e. The highest BCUT2D eigenvalue weighted by atomic mass is 16.3. The molecule has 2 nitrogen and oxygen atoms in total. The van der Waals surface area contributed by atoms with E-state index < -0.39 is 0 Å². The Morgan fingerprint density at radius 3 is 2.90 bits per heavy atom. The second-order valence-electron chi connectivity index (χ2n) is 6.10. The molecule has 0 aliphatic heterocycles. The zero-order valence-electron chi connectivity index (χ0n) is 12.4. The summed E-state index contributed by atoms with van der Waals surface area (Å²) in [7, 11) is 0. The first-order valence-electron chi connectivity index (χ1n) is 7.56. The van der Waals surface area contributed by atoms with E-state index in [2.05, 4.69) is 49.0 Å². The van der Waals surface area contributed by atoms with Gasteiger partial charge in [-0.1, -0.05) is 30.2 Å². The lowest BCUT2D eigenvalue weighted by atomic mass is 10.1. The van der Waals surface area contributed by atoms with E-state index in [-0.39, 0.29) is 6.10 Å². The van der Waals surface area contributed by atoms with Crippen LogP contribution >= 0.6 is 0 Å². The monoisotopic (exact) mass is 269 g/mol. The van der Waals surface area contributed by atoms with Crippen molar-refractivity contribution >= 4 is 0 Å². The SMILES string of the molecule is Cc1ccc(C)c(Cn2cc3c(c2)C(O)CCCC3)c1. The molecular formula is C18H23NO. The van der Waals surface area contributed by atoms with Crippen LogP contribution in [-0.4, -0.2) is 9.67 Å². The fourth-order valence-corrected chi connectivity index (χ4v) is 3.15. The van der Waals surface area contributed by atoms with Crippen LogP contribution < -0.4 is 0 Å². The number of fused-ring (bicyclic) bond motifs is 1. The molecule has 1 aliphatic carbocycles. The summed E-state index contributed by atoms with van der Waals surface area (Å²) in [5, 5.41) is 10.2. The number of rotatable bonds is 2. The number of hydrogen-bond donors (Lipinski definition) is 1. The number of aryl methyl sites for hydroxylation is 3. The Balaban J connectivity index is 1.88. The van der Waals surface area contributed by atoms with E-state index in [4.69, 9.17) is 0 Å². The Labute approximate surface area is 121 Å². The summed E-state index contributed by atoms with van der Waals surface area (Å²) in [6, 6.07) is 6.61. The van der Waals surface area contributed by atoms with Gasteiger partial charge in [-0.3, -0.25) is 0 Å². The topological polar surface area (TPSA) is 25.2 Å². The van der Waals surface area contributed by atoms with Crippen molar-refractivity contribution in [3.8, 4) is 0 Å². The minimum absolute atomic E-state index is 0.271. The van der Waals surface area contributed by atoms with Gasteiger partial charge in [0, 0.05) is 24.5 Å². The van der Waals surface area contributed by atoms with Crippen LogP contribution in [0.2, 0.25) is 0 Å². The summed E-state index contributed by atoms with van der Waals surface area (Å²) in [6.07, 6.45) is 8.43. The first-order valence-corrected chi connectivity index (χ1v) is 7.56. The van der Waals surface area contributed by atoms with Crippen molar-refractivity contribution in [3.05, 3.63) is 58.4 Å². The molecule has 1 heterocycles. The summed E-state index contributed by atoms with van der Waals surface area (Å²) in [4.78, 5) is 0. The van der Waals surface area contributed by atoms with Crippen LogP contribution in [0.3, 0.4) is 0 Å². The maximum absolute atomic E-state index is 10.2. The third kappa shape index (κ3) is 2.66. The third-order valence-corrected chi connectivity index (χ3v) is 4.39. The first kappa shape index (κ1) is 13.4. The van der Waals surface area contributed by atoms with E-state index in [0.717, 1.165) is 31.4 Å². The molecule has 0 saturated carbocycles. The highest BCUT2D eigenvalue weighted by Gasteiger charge is 2.18. The van der Waals surface area contributed by atoms with E-state index in [1.807, 2.05) is 0 Å². The van der Waals surface area contributed by atoms with Gasteiger partial charge in [-0.05, 0) is 49.8 Å². The van der Waals surface area contributed by atoms with E-state index in [1.54, 1.807) is 0 Å². The van der Waals surface area contributed by atoms with Gasteiger partial charge in [0.05, 0.1) is 6.10 Å². The van der Waals surface area contributed by atoms with Crippen molar-refractivity contribution in [2.24, 2.45) is 0 Å². The fraction of sp³-hybridized carbons (Fsp3) is 0.444. The molecule has 0 radical (unpaired) electrons. The average Bonchev–Trinajstić information content (AvgIpc) is 2.74. The Morgan fingerprint density at radius 1 is 1.20 bits per heavy atom. The molecule has 0 spiro atoms. The fourth-order valence-electron chi connectivity index (χ4n) is 3.15. The molecule has 106 valence electrons. The van der Waals surface area contributed by atoms with E-state index in [1.165, 1.54) is 28.7 Å². The van der Waals surface area contributed by atoms with E-state index in [9.17, 15) is 5.11 Å². The van der Waals surface area contributed by atoms with Crippen LogP contribution in [0.4, 0.5) is 0 Å². The van der Waals surface area contributed by atoms with Gasteiger partial charge in [0.15, 0.2) is 0 Å².